The molecule has 106 valence electrons. The number of pyridine rings is 1. The minimum Gasteiger partial charge on any atom is -0.355 e. The largest absolute Gasteiger partial charge is 0.355 e. The molecule has 0 N–H and O–H groups in total. The van der Waals surface area contributed by atoms with E-state index < -0.39 is 0 Å². The number of hydrogen-bond acceptors (Lipinski definition) is 5. The highest BCUT2D eigenvalue weighted by atomic mass is 15.3. The zero-order valence-electron chi connectivity index (χ0n) is 12.0. The van der Waals surface area contributed by atoms with Crippen LogP contribution in [0.3, 0.4) is 0 Å². The highest BCUT2D eigenvalue weighted by Gasteiger charge is 2.29. The van der Waals surface area contributed by atoms with Gasteiger partial charge in [0.05, 0.1) is 11.6 Å². The third-order valence-electron chi connectivity index (χ3n) is 4.42. The molecule has 5 heteroatoms. The number of aromatic nitrogens is 1. The molecule has 2 aliphatic heterocycles. The van der Waals surface area contributed by atoms with Crippen LogP contribution in [0.5, 0.6) is 0 Å². The number of hydrogen-bond donors (Lipinski definition) is 0. The Balaban J connectivity index is 1.63. The van der Waals surface area contributed by atoms with Crippen LogP contribution >= 0.6 is 0 Å². The van der Waals surface area contributed by atoms with Crippen LogP contribution in [0, 0.1) is 11.3 Å². The molecule has 3 heterocycles. The van der Waals surface area contributed by atoms with E-state index in [0.717, 1.165) is 18.9 Å². The lowest BCUT2D eigenvalue weighted by Crippen LogP contribution is -2.49. The normalized spacial score (nSPS) is 24.8. The molecule has 0 bridgehead atoms. The molecule has 2 saturated heterocycles. The van der Waals surface area contributed by atoms with Crippen LogP contribution in [0.1, 0.15) is 12.0 Å². The molecule has 0 unspecified atom stereocenters. The lowest BCUT2D eigenvalue weighted by Gasteiger charge is -2.36. The van der Waals surface area contributed by atoms with Crippen LogP contribution < -0.4 is 4.90 Å². The average Bonchev–Trinajstić information content (AvgIpc) is 2.98. The van der Waals surface area contributed by atoms with E-state index in [2.05, 4.69) is 32.8 Å². The molecule has 2 fully saturated rings. The predicted molar refractivity (Wildman–Crippen MR) is 78.6 cm³/mol. The van der Waals surface area contributed by atoms with Gasteiger partial charge >= 0.3 is 0 Å². The number of likely N-dealkylation sites (N-methyl/N-ethyl adjacent to an activating group) is 1. The quantitative estimate of drug-likeness (QED) is 0.795. The van der Waals surface area contributed by atoms with Crippen LogP contribution in [0.25, 0.3) is 0 Å². The molecule has 1 aromatic heterocycles. The summed E-state index contributed by atoms with van der Waals surface area (Å²) >= 11 is 0. The van der Waals surface area contributed by atoms with E-state index in [9.17, 15) is 0 Å². The van der Waals surface area contributed by atoms with Gasteiger partial charge in [-0.25, -0.2) is 4.98 Å². The van der Waals surface area contributed by atoms with Crippen molar-refractivity contribution in [2.45, 2.75) is 12.5 Å². The molecule has 20 heavy (non-hydrogen) atoms. The van der Waals surface area contributed by atoms with Gasteiger partial charge in [-0.2, -0.15) is 5.26 Å². The van der Waals surface area contributed by atoms with Gasteiger partial charge in [0, 0.05) is 51.5 Å². The van der Waals surface area contributed by atoms with Gasteiger partial charge in [-0.3, -0.25) is 4.90 Å². The van der Waals surface area contributed by atoms with Crippen molar-refractivity contribution < 1.29 is 0 Å². The highest BCUT2D eigenvalue weighted by molar-refractivity contribution is 5.45. The molecule has 0 radical (unpaired) electrons. The lowest BCUT2D eigenvalue weighted by atomic mass is 10.2. The number of anilines is 1. The third-order valence-corrected chi connectivity index (χ3v) is 4.42. The summed E-state index contributed by atoms with van der Waals surface area (Å²) in [7, 11) is 2.19. The second-order valence-corrected chi connectivity index (χ2v) is 5.74. The summed E-state index contributed by atoms with van der Waals surface area (Å²) in [4.78, 5) is 11.7. The summed E-state index contributed by atoms with van der Waals surface area (Å²) in [6.45, 7) is 6.74. The van der Waals surface area contributed by atoms with Crippen LogP contribution in [0.4, 0.5) is 5.82 Å². The minimum absolute atomic E-state index is 0.635. The fraction of sp³-hybridized carbons (Fsp3) is 0.600. The van der Waals surface area contributed by atoms with Crippen LogP contribution in [-0.2, 0) is 0 Å². The van der Waals surface area contributed by atoms with E-state index in [4.69, 9.17) is 5.26 Å². The summed E-state index contributed by atoms with van der Waals surface area (Å²) in [6, 6.07) is 6.48. The molecule has 0 aromatic carbocycles. The summed E-state index contributed by atoms with van der Waals surface area (Å²) in [5.41, 5.74) is 0.693. The van der Waals surface area contributed by atoms with Crippen molar-refractivity contribution in [1.29, 1.82) is 5.26 Å². The third kappa shape index (κ3) is 2.77. The van der Waals surface area contributed by atoms with E-state index in [-0.39, 0.29) is 0 Å². The van der Waals surface area contributed by atoms with Gasteiger partial charge < -0.3 is 9.80 Å². The SMILES string of the molecule is CN1CCN([C@H]2CCN(c3cc(C#N)ccn3)C2)CC1. The predicted octanol–water partition coefficient (Wildman–Crippen LogP) is 0.779. The Hall–Kier alpha value is -1.64. The van der Waals surface area contributed by atoms with Gasteiger partial charge in [0.2, 0.25) is 0 Å². The molecular formula is C15H21N5. The van der Waals surface area contributed by atoms with E-state index in [1.165, 1.54) is 32.6 Å². The summed E-state index contributed by atoms with van der Waals surface area (Å²) < 4.78 is 0. The number of piperazine rings is 1. The van der Waals surface area contributed by atoms with Gasteiger partial charge in [0.15, 0.2) is 0 Å². The molecule has 2 aliphatic rings. The lowest BCUT2D eigenvalue weighted by molar-refractivity contribution is 0.120. The van der Waals surface area contributed by atoms with E-state index in [0.29, 0.717) is 11.6 Å². The van der Waals surface area contributed by atoms with Crippen molar-refractivity contribution in [3.63, 3.8) is 0 Å². The average molecular weight is 271 g/mol. The van der Waals surface area contributed by atoms with Gasteiger partial charge in [-0.05, 0) is 25.6 Å². The Bertz CT molecular complexity index is 501. The Morgan fingerprint density at radius 3 is 2.80 bits per heavy atom. The second kappa shape index (κ2) is 5.78. The van der Waals surface area contributed by atoms with Crippen molar-refractivity contribution in [2.24, 2.45) is 0 Å². The molecule has 3 rings (SSSR count). The van der Waals surface area contributed by atoms with Crippen LogP contribution in [-0.4, -0.2) is 67.1 Å². The Kier molecular flexibility index (Phi) is 3.86. The first-order valence-corrected chi connectivity index (χ1v) is 7.30. The molecule has 5 nitrogen and oxygen atoms in total. The standard InChI is InChI=1S/C15H21N5/c1-18-6-8-19(9-7-18)14-3-5-20(12-14)15-10-13(11-16)2-4-17-15/h2,4,10,14H,3,5-9,12H2,1H3/t14-/m0/s1. The van der Waals surface area contributed by atoms with Gasteiger partial charge in [0.1, 0.15) is 5.82 Å². The number of rotatable bonds is 2. The number of nitriles is 1. The van der Waals surface area contributed by atoms with Crippen molar-refractivity contribution in [2.75, 3.05) is 51.2 Å². The van der Waals surface area contributed by atoms with Crippen molar-refractivity contribution in [3.8, 4) is 6.07 Å². The fourth-order valence-electron chi connectivity index (χ4n) is 3.10. The zero-order chi connectivity index (χ0) is 13.9. The van der Waals surface area contributed by atoms with Gasteiger partial charge in [-0.1, -0.05) is 0 Å². The molecule has 0 spiro atoms. The zero-order valence-corrected chi connectivity index (χ0v) is 12.0. The Morgan fingerprint density at radius 1 is 1.25 bits per heavy atom. The molecule has 0 saturated carbocycles. The highest BCUT2D eigenvalue weighted by Crippen LogP contribution is 2.22. The molecule has 0 amide bonds. The second-order valence-electron chi connectivity index (χ2n) is 5.74. The van der Waals surface area contributed by atoms with Crippen LogP contribution in [0.2, 0.25) is 0 Å². The van der Waals surface area contributed by atoms with E-state index in [1.54, 1.807) is 12.3 Å². The summed E-state index contributed by atoms with van der Waals surface area (Å²) in [5, 5.41) is 8.98. The minimum atomic E-state index is 0.635. The topological polar surface area (TPSA) is 46.4 Å². The fourth-order valence-corrected chi connectivity index (χ4v) is 3.10. The maximum atomic E-state index is 8.98. The first-order valence-electron chi connectivity index (χ1n) is 7.30. The molecular weight excluding hydrogens is 250 g/mol. The van der Waals surface area contributed by atoms with Gasteiger partial charge in [-0.15, -0.1) is 0 Å². The molecule has 1 aromatic rings. The number of nitrogens with zero attached hydrogens (tertiary/aromatic N) is 5. The summed E-state index contributed by atoms with van der Waals surface area (Å²) in [6.07, 6.45) is 2.93. The van der Waals surface area contributed by atoms with Crippen molar-refractivity contribution >= 4 is 5.82 Å². The smallest absolute Gasteiger partial charge is 0.129 e. The molecule has 1 atom stereocenters. The molecule has 0 aliphatic carbocycles. The Labute approximate surface area is 120 Å². The van der Waals surface area contributed by atoms with Gasteiger partial charge in [0.25, 0.3) is 0 Å². The van der Waals surface area contributed by atoms with Crippen molar-refractivity contribution in [1.82, 2.24) is 14.8 Å². The summed E-state index contributed by atoms with van der Waals surface area (Å²) in [5.74, 6) is 0.945. The first-order chi connectivity index (χ1) is 9.76. The van der Waals surface area contributed by atoms with Crippen molar-refractivity contribution in [3.05, 3.63) is 23.9 Å². The maximum Gasteiger partial charge on any atom is 0.129 e. The monoisotopic (exact) mass is 271 g/mol. The van der Waals surface area contributed by atoms with Crippen LogP contribution in [0.15, 0.2) is 18.3 Å². The van der Waals surface area contributed by atoms with E-state index in [1.807, 2.05) is 6.07 Å². The Morgan fingerprint density at radius 2 is 2.05 bits per heavy atom. The first kappa shape index (κ1) is 13.3. The maximum absolute atomic E-state index is 8.98. The van der Waals surface area contributed by atoms with E-state index >= 15 is 0 Å².